The molecule has 0 rings (SSSR count). The monoisotopic (exact) mass is 973 g/mol. The van der Waals surface area contributed by atoms with Crippen molar-refractivity contribution in [1.29, 1.82) is 0 Å². The predicted molar refractivity (Wildman–Crippen MR) is 252 cm³/mol. The summed E-state index contributed by atoms with van der Waals surface area (Å²) in [6.45, 7) is 36.2. The van der Waals surface area contributed by atoms with Crippen LogP contribution in [-0.2, 0) is 60.7 Å². The third-order valence-corrected chi connectivity index (χ3v) is 16.3. The summed E-state index contributed by atoms with van der Waals surface area (Å²) in [5, 5.41) is 21.5. The van der Waals surface area contributed by atoms with Gasteiger partial charge in [0.25, 0.3) is 0 Å². The zero-order chi connectivity index (χ0) is 51.2. The van der Waals surface area contributed by atoms with Crippen LogP contribution in [0.4, 0.5) is 0 Å². The largest absolute Gasteiger partial charge is 0.481 e. The first-order valence-corrected chi connectivity index (χ1v) is 26.4. The third kappa shape index (κ3) is 19.9. The van der Waals surface area contributed by atoms with Crippen LogP contribution < -0.4 is 0 Å². The van der Waals surface area contributed by atoms with E-state index in [0.29, 0.717) is 0 Å². The quantitative estimate of drug-likeness (QED) is 0.0296. The summed E-state index contributed by atoms with van der Waals surface area (Å²) in [6, 6.07) is 0. The van der Waals surface area contributed by atoms with Crippen LogP contribution in [0.1, 0.15) is 171 Å². The summed E-state index contributed by atoms with van der Waals surface area (Å²) in [7, 11) is -7.65. The van der Waals surface area contributed by atoms with Gasteiger partial charge < -0.3 is 37.8 Å². The maximum Gasteiger partial charge on any atom is 0.350 e. The normalized spacial score (nSPS) is 15.7. The minimum atomic E-state index is -3.93. The second kappa shape index (κ2) is 25.6. The highest BCUT2D eigenvalue weighted by atomic mass is 31.2. The van der Waals surface area contributed by atoms with Crippen molar-refractivity contribution < 1.29 is 70.9 Å². The van der Waals surface area contributed by atoms with E-state index in [9.17, 15) is 38.5 Å². The molecular weight excluding hydrogens is 882 g/mol. The molecule has 0 heterocycles. The van der Waals surface area contributed by atoms with Gasteiger partial charge in [0.1, 0.15) is 11.6 Å². The molecule has 384 valence electrons. The lowest BCUT2D eigenvalue weighted by Crippen LogP contribution is -2.56. The minimum absolute atomic E-state index is 0.0220. The number of hydroxylamine groups is 2. The van der Waals surface area contributed by atoms with Gasteiger partial charge in [0.05, 0.1) is 56.4 Å². The Hall–Kier alpha value is -1.94. The van der Waals surface area contributed by atoms with Crippen molar-refractivity contribution in [2.75, 3.05) is 46.2 Å². The van der Waals surface area contributed by atoms with Gasteiger partial charge in [-0.25, -0.2) is 4.79 Å². The fourth-order valence-corrected chi connectivity index (χ4v) is 13.0. The van der Waals surface area contributed by atoms with Crippen LogP contribution in [0.25, 0.3) is 0 Å². The number of esters is 2. The Morgan fingerprint density at radius 3 is 1.25 bits per heavy atom. The standard InChI is InChI=1S/C46H90N2O15P2/c1-21-59-64(55,60-22-2)37(41(5,6)7)47(43(11,12)13)28-27-33(31-45(17,18)39(51)52)35(49)57-29-25-26-30-58-36(50)34(32-46(19,20)40(53)54)63-48(44(14,15)16)38(42(8,9)10)65(56,61-23-3)62-24-4/h33-34,37-38H,21-32H2,1-20H3,(H,51,52)(H,53,54). The van der Waals surface area contributed by atoms with Crippen LogP contribution in [0.2, 0.25) is 0 Å². The van der Waals surface area contributed by atoms with Crippen LogP contribution >= 0.6 is 15.2 Å². The van der Waals surface area contributed by atoms with Crippen molar-refractivity contribution >= 4 is 39.1 Å². The highest BCUT2D eigenvalue weighted by Crippen LogP contribution is 2.62. The van der Waals surface area contributed by atoms with Crippen molar-refractivity contribution in [3.05, 3.63) is 0 Å². The fourth-order valence-electron chi connectivity index (χ4n) is 7.46. The molecule has 0 amide bonds. The number of nitrogens with zero attached hydrogens (tertiary/aromatic N) is 2. The van der Waals surface area contributed by atoms with E-state index in [1.165, 1.54) is 18.9 Å². The number of carbonyl (C=O) groups is 4. The van der Waals surface area contributed by atoms with Gasteiger partial charge in [-0.05, 0) is 133 Å². The van der Waals surface area contributed by atoms with E-state index in [1.54, 1.807) is 62.3 Å². The summed E-state index contributed by atoms with van der Waals surface area (Å²) >= 11 is 0. The van der Waals surface area contributed by atoms with Crippen molar-refractivity contribution in [2.24, 2.45) is 27.6 Å². The molecule has 17 nitrogen and oxygen atoms in total. The van der Waals surface area contributed by atoms with Crippen molar-refractivity contribution in [1.82, 2.24) is 9.96 Å². The van der Waals surface area contributed by atoms with Gasteiger partial charge in [0.2, 0.25) is 0 Å². The van der Waals surface area contributed by atoms with Crippen LogP contribution in [0.5, 0.6) is 0 Å². The number of rotatable bonds is 30. The molecule has 0 aliphatic carbocycles. The average molecular weight is 973 g/mol. The molecule has 0 bridgehead atoms. The number of ether oxygens (including phenoxy) is 2. The molecule has 0 aliphatic rings. The summed E-state index contributed by atoms with van der Waals surface area (Å²) in [5.74, 6) is -6.24. The fraction of sp³-hybridized carbons (Fsp3) is 0.913. The van der Waals surface area contributed by atoms with E-state index < -0.39 is 95.4 Å². The smallest absolute Gasteiger partial charge is 0.350 e. The molecule has 0 saturated heterocycles. The zero-order valence-electron chi connectivity index (χ0n) is 43.8. The molecule has 19 heteroatoms. The van der Waals surface area contributed by atoms with Gasteiger partial charge in [-0.1, -0.05) is 41.5 Å². The van der Waals surface area contributed by atoms with Crippen LogP contribution in [0.15, 0.2) is 0 Å². The van der Waals surface area contributed by atoms with Gasteiger partial charge >= 0.3 is 39.1 Å². The van der Waals surface area contributed by atoms with E-state index in [2.05, 4.69) is 0 Å². The van der Waals surface area contributed by atoms with Gasteiger partial charge in [-0.15, -0.1) is 0 Å². The first-order chi connectivity index (χ1) is 29.3. The minimum Gasteiger partial charge on any atom is -0.481 e. The van der Waals surface area contributed by atoms with E-state index in [0.717, 1.165) is 0 Å². The first kappa shape index (κ1) is 63.1. The Labute approximate surface area is 392 Å². The SMILES string of the molecule is CCOP(=O)(OCC)C(N(CCC(CC(C)(C)C(=O)O)C(=O)OCCCCOC(=O)C(CC(C)(C)C(=O)O)ON(C(C(C)(C)C)P(=O)(OCC)OCC)C(C)(C)C)C(C)(C)C)C(C)(C)C. The molecule has 0 aliphatic heterocycles. The average Bonchev–Trinajstić information content (AvgIpc) is 3.11. The maximum absolute atomic E-state index is 14.4. The van der Waals surface area contributed by atoms with Gasteiger partial charge in [0, 0.05) is 24.0 Å². The topological polar surface area (TPSA) is 214 Å². The van der Waals surface area contributed by atoms with Crippen LogP contribution in [0, 0.1) is 27.6 Å². The van der Waals surface area contributed by atoms with Crippen LogP contribution in [0.3, 0.4) is 0 Å². The highest BCUT2D eigenvalue weighted by Gasteiger charge is 2.53. The molecule has 0 aromatic rings. The maximum atomic E-state index is 14.4. The van der Waals surface area contributed by atoms with Gasteiger partial charge in [-0.2, -0.15) is 5.06 Å². The molecule has 0 fully saturated rings. The summed E-state index contributed by atoms with van der Waals surface area (Å²) < 4.78 is 63.6. The molecular formula is C46H90N2O15P2. The summed E-state index contributed by atoms with van der Waals surface area (Å²) in [5.41, 5.74) is -5.56. The molecule has 4 atom stereocenters. The highest BCUT2D eigenvalue weighted by molar-refractivity contribution is 7.55. The Morgan fingerprint density at radius 1 is 0.538 bits per heavy atom. The Morgan fingerprint density at radius 2 is 0.908 bits per heavy atom. The number of aliphatic carboxylic acids is 2. The molecule has 0 spiro atoms. The number of carboxylic acids is 2. The second-order valence-electron chi connectivity index (χ2n) is 22.0. The Balaban J connectivity index is 6.45. The van der Waals surface area contributed by atoms with E-state index in [4.69, 9.17) is 32.4 Å². The number of carboxylic acid groups (broad SMARTS) is 2. The molecule has 4 unspecified atom stereocenters. The van der Waals surface area contributed by atoms with Crippen LogP contribution in [-0.4, -0.2) is 119 Å². The predicted octanol–water partition coefficient (Wildman–Crippen LogP) is 10.6. The lowest BCUT2D eigenvalue weighted by atomic mass is 9.81. The van der Waals surface area contributed by atoms with E-state index in [-0.39, 0.29) is 78.3 Å². The van der Waals surface area contributed by atoms with Crippen molar-refractivity contribution in [2.45, 2.75) is 199 Å². The number of unbranched alkanes of at least 4 members (excludes halogenated alkanes) is 1. The zero-order valence-corrected chi connectivity index (χ0v) is 45.6. The number of hydrogen-bond acceptors (Lipinski definition) is 15. The lowest BCUT2D eigenvalue weighted by molar-refractivity contribution is -0.271. The lowest BCUT2D eigenvalue weighted by Gasteiger charge is -2.49. The molecule has 0 aromatic heterocycles. The van der Waals surface area contributed by atoms with E-state index in [1.807, 2.05) is 67.2 Å². The Kier molecular flexibility index (Phi) is 24.8. The van der Waals surface area contributed by atoms with Gasteiger partial charge in [-0.3, -0.25) is 33.3 Å². The van der Waals surface area contributed by atoms with Crippen molar-refractivity contribution in [3.8, 4) is 0 Å². The first-order valence-electron chi connectivity index (χ1n) is 23.1. The molecule has 65 heavy (non-hydrogen) atoms. The summed E-state index contributed by atoms with van der Waals surface area (Å²) in [4.78, 5) is 60.7. The molecule has 2 N–H and O–H groups in total. The van der Waals surface area contributed by atoms with Crippen molar-refractivity contribution in [3.63, 3.8) is 0 Å². The summed E-state index contributed by atoms with van der Waals surface area (Å²) in [6.07, 6.45) is -1.03. The molecule has 0 radical (unpaired) electrons. The second-order valence-corrected chi connectivity index (χ2v) is 26.2. The Bertz CT molecular complexity index is 1590. The van der Waals surface area contributed by atoms with Gasteiger partial charge in [0.15, 0.2) is 6.10 Å². The molecule has 0 aromatic carbocycles. The van der Waals surface area contributed by atoms with E-state index >= 15 is 0 Å². The number of carbonyl (C=O) groups excluding carboxylic acids is 2. The molecule has 0 saturated carbocycles. The third-order valence-electron chi connectivity index (χ3n) is 10.6. The number of hydrogen-bond donors (Lipinski definition) is 2.